The second kappa shape index (κ2) is 7.15. The zero-order chi connectivity index (χ0) is 22.7. The minimum Gasteiger partial charge on any atom is -0.289 e. The van der Waals surface area contributed by atoms with Crippen LogP contribution in [0.3, 0.4) is 0 Å². The molecule has 6 heteroatoms. The maximum absolute atomic E-state index is 13.4. The number of alkyl halides is 3. The zero-order valence-corrected chi connectivity index (χ0v) is 17.2. The minimum atomic E-state index is -4.99. The van der Waals surface area contributed by atoms with E-state index in [0.29, 0.717) is 11.1 Å². The third-order valence-electron chi connectivity index (χ3n) is 5.86. The van der Waals surface area contributed by atoms with Gasteiger partial charge < -0.3 is 0 Å². The van der Waals surface area contributed by atoms with Crippen LogP contribution in [-0.4, -0.2) is 23.5 Å². The van der Waals surface area contributed by atoms with Crippen molar-refractivity contribution in [1.82, 2.24) is 0 Å². The summed E-state index contributed by atoms with van der Waals surface area (Å²) < 4.78 is 39.1. The van der Waals surface area contributed by atoms with Crippen molar-refractivity contribution in [2.45, 2.75) is 39.3 Å². The number of Topliss-reactive ketones (excluding diaryl/α,β-unsaturated/α-hetero) is 1. The molecule has 0 amide bonds. The third kappa shape index (κ3) is 3.26. The van der Waals surface area contributed by atoms with Gasteiger partial charge in [-0.1, -0.05) is 56.3 Å². The summed E-state index contributed by atoms with van der Waals surface area (Å²) in [7, 11) is 0. The number of carbonyl (C=O) groups excluding carboxylic acids is 3. The first-order valence-electron chi connectivity index (χ1n) is 9.90. The Morgan fingerprint density at radius 2 is 1.45 bits per heavy atom. The van der Waals surface area contributed by atoms with Crippen LogP contribution < -0.4 is 0 Å². The van der Waals surface area contributed by atoms with Crippen molar-refractivity contribution in [3.63, 3.8) is 0 Å². The first kappa shape index (κ1) is 21.0. The van der Waals surface area contributed by atoms with E-state index < -0.39 is 24.2 Å². The van der Waals surface area contributed by atoms with Gasteiger partial charge in [-0.3, -0.25) is 14.4 Å². The van der Waals surface area contributed by atoms with Crippen molar-refractivity contribution in [2.75, 3.05) is 0 Å². The highest BCUT2D eigenvalue weighted by atomic mass is 19.4. The standard InChI is InChI=1S/C25H19F3O3/c1-12(2)14-8-9-15(11-19(29)25(26,27)28)21-18(10-14)13(3)20-22(21)24(31)17-7-5-4-6-16(17)23(20)30/h4-10,12H,11H2,1-3H3. The molecule has 0 aliphatic heterocycles. The maximum atomic E-state index is 13.4. The molecule has 0 saturated carbocycles. The van der Waals surface area contributed by atoms with E-state index in [1.807, 2.05) is 13.8 Å². The topological polar surface area (TPSA) is 51.2 Å². The summed E-state index contributed by atoms with van der Waals surface area (Å²) in [4.78, 5) is 38.5. The Bertz CT molecular complexity index is 1240. The molecular weight excluding hydrogens is 405 g/mol. The number of halogens is 3. The summed E-state index contributed by atoms with van der Waals surface area (Å²) in [6, 6.07) is 11.4. The van der Waals surface area contributed by atoms with E-state index in [2.05, 4.69) is 0 Å². The van der Waals surface area contributed by atoms with E-state index in [4.69, 9.17) is 0 Å². The first-order chi connectivity index (χ1) is 14.5. The Morgan fingerprint density at radius 3 is 2.00 bits per heavy atom. The largest absolute Gasteiger partial charge is 0.450 e. The summed E-state index contributed by atoms with van der Waals surface area (Å²) in [5.41, 5.74) is 3.04. The zero-order valence-electron chi connectivity index (χ0n) is 17.2. The highest BCUT2D eigenvalue weighted by Crippen LogP contribution is 2.44. The molecule has 1 aromatic carbocycles. The number of carbonyl (C=O) groups is 3. The van der Waals surface area contributed by atoms with Crippen molar-refractivity contribution in [3.8, 4) is 11.1 Å². The Morgan fingerprint density at radius 1 is 0.871 bits per heavy atom. The highest BCUT2D eigenvalue weighted by Gasteiger charge is 2.41. The van der Waals surface area contributed by atoms with Crippen LogP contribution in [0.1, 0.15) is 68.3 Å². The van der Waals surface area contributed by atoms with E-state index in [1.165, 1.54) is 12.1 Å². The minimum absolute atomic E-state index is 0.0525. The van der Waals surface area contributed by atoms with Crippen molar-refractivity contribution in [1.29, 1.82) is 0 Å². The van der Waals surface area contributed by atoms with Crippen LogP contribution in [0.4, 0.5) is 13.2 Å². The SMILES string of the molecule is Cc1c2cc(C(C)C)ccc(CC(=O)C(F)(F)F)c-2c2c1C(=O)c1ccccc1C2=O. The number of benzene rings is 1. The van der Waals surface area contributed by atoms with Gasteiger partial charge in [0.2, 0.25) is 5.78 Å². The van der Waals surface area contributed by atoms with Gasteiger partial charge in [0, 0.05) is 28.7 Å². The van der Waals surface area contributed by atoms with E-state index in [1.54, 1.807) is 37.3 Å². The summed E-state index contributed by atoms with van der Waals surface area (Å²) in [5, 5.41) is 0. The lowest BCUT2D eigenvalue weighted by Crippen LogP contribution is -2.25. The van der Waals surface area contributed by atoms with E-state index in [9.17, 15) is 27.6 Å². The summed E-state index contributed by atoms with van der Waals surface area (Å²) in [5.74, 6) is -2.59. The number of rotatable bonds is 3. The Labute approximate surface area is 177 Å². The van der Waals surface area contributed by atoms with Crippen molar-refractivity contribution >= 4 is 17.3 Å². The van der Waals surface area contributed by atoms with Crippen LogP contribution >= 0.6 is 0 Å². The molecule has 1 aromatic rings. The second-order valence-electron chi connectivity index (χ2n) is 8.12. The van der Waals surface area contributed by atoms with Gasteiger partial charge in [0.1, 0.15) is 0 Å². The van der Waals surface area contributed by atoms with Gasteiger partial charge in [-0.05, 0) is 40.7 Å². The molecule has 0 aromatic heterocycles. The lowest BCUT2D eigenvalue weighted by molar-refractivity contribution is -0.170. The summed E-state index contributed by atoms with van der Waals surface area (Å²) >= 11 is 0. The monoisotopic (exact) mass is 424 g/mol. The Balaban J connectivity index is 2.07. The third-order valence-corrected chi connectivity index (χ3v) is 5.86. The van der Waals surface area contributed by atoms with Crippen LogP contribution in [0.15, 0.2) is 42.5 Å². The van der Waals surface area contributed by atoms with Gasteiger partial charge in [-0.25, -0.2) is 0 Å². The molecule has 3 aliphatic rings. The number of hydrogen-bond donors (Lipinski definition) is 0. The predicted molar refractivity (Wildman–Crippen MR) is 110 cm³/mol. The summed E-state index contributed by atoms with van der Waals surface area (Å²) in [6.07, 6.45) is -5.89. The van der Waals surface area contributed by atoms with Crippen LogP contribution in [-0.2, 0) is 11.2 Å². The van der Waals surface area contributed by atoms with E-state index >= 15 is 0 Å². The average molecular weight is 424 g/mol. The van der Waals surface area contributed by atoms with Gasteiger partial charge in [0.05, 0.1) is 0 Å². The average Bonchev–Trinajstić information content (AvgIpc) is 2.86. The molecule has 158 valence electrons. The van der Waals surface area contributed by atoms with Crippen molar-refractivity contribution < 1.29 is 27.6 Å². The molecule has 0 bridgehead atoms. The van der Waals surface area contributed by atoms with Gasteiger partial charge in [-0.15, -0.1) is 0 Å². The molecule has 31 heavy (non-hydrogen) atoms. The Hall–Kier alpha value is -3.28. The molecule has 3 aliphatic carbocycles. The molecule has 0 radical (unpaired) electrons. The first-order valence-corrected chi connectivity index (χ1v) is 9.90. The molecule has 3 nitrogen and oxygen atoms in total. The molecular formula is C25H19F3O3. The molecule has 0 spiro atoms. The van der Waals surface area contributed by atoms with Crippen LogP contribution in [0.5, 0.6) is 0 Å². The molecule has 0 atom stereocenters. The molecule has 4 rings (SSSR count). The molecule has 0 N–H and O–H groups in total. The van der Waals surface area contributed by atoms with Crippen LogP contribution in [0, 0.1) is 6.92 Å². The molecule has 0 fully saturated rings. The number of fused-ring (bicyclic) bond motifs is 4. The van der Waals surface area contributed by atoms with E-state index in [0.717, 1.165) is 5.56 Å². The van der Waals surface area contributed by atoms with Crippen LogP contribution in [0.2, 0.25) is 0 Å². The fraction of sp³-hybridized carbons (Fsp3) is 0.240. The quantitative estimate of drug-likeness (QED) is 0.426. The second-order valence-corrected chi connectivity index (χ2v) is 8.12. The van der Waals surface area contributed by atoms with Gasteiger partial charge in [0.15, 0.2) is 11.6 Å². The number of ketones is 3. The maximum Gasteiger partial charge on any atom is 0.450 e. The molecule has 0 heterocycles. The summed E-state index contributed by atoms with van der Waals surface area (Å²) in [6.45, 7) is 5.57. The fourth-order valence-corrected chi connectivity index (χ4v) is 4.22. The lowest BCUT2D eigenvalue weighted by atomic mass is 9.84. The van der Waals surface area contributed by atoms with Crippen LogP contribution in [0.25, 0.3) is 11.1 Å². The molecule has 0 saturated heterocycles. The molecule has 0 unspecified atom stereocenters. The van der Waals surface area contributed by atoms with E-state index in [-0.39, 0.29) is 45.1 Å². The Kier molecular flexibility index (Phi) is 4.84. The highest BCUT2D eigenvalue weighted by molar-refractivity contribution is 6.32. The van der Waals surface area contributed by atoms with Gasteiger partial charge in [0.25, 0.3) is 0 Å². The fourth-order valence-electron chi connectivity index (χ4n) is 4.22. The van der Waals surface area contributed by atoms with Gasteiger partial charge in [-0.2, -0.15) is 13.2 Å². The number of hydrogen-bond acceptors (Lipinski definition) is 3. The predicted octanol–water partition coefficient (Wildman–Crippen LogP) is 5.67. The van der Waals surface area contributed by atoms with Gasteiger partial charge >= 0.3 is 6.18 Å². The smallest absolute Gasteiger partial charge is 0.289 e. The van der Waals surface area contributed by atoms with Crippen molar-refractivity contribution in [2.24, 2.45) is 0 Å². The normalized spacial score (nSPS) is 13.5. The van der Waals surface area contributed by atoms with Crippen molar-refractivity contribution in [3.05, 3.63) is 81.4 Å². The lowest BCUT2D eigenvalue weighted by Gasteiger charge is -2.16.